The van der Waals surface area contributed by atoms with Crippen molar-refractivity contribution in [3.8, 4) is 5.75 Å². The Labute approximate surface area is 285 Å². The van der Waals surface area contributed by atoms with Crippen LogP contribution >= 0.6 is 0 Å². The Bertz CT molecular complexity index is 1850. The van der Waals surface area contributed by atoms with E-state index in [0.717, 1.165) is 37.2 Å². The molecule has 49 heavy (non-hydrogen) atoms. The maximum atomic E-state index is 14.1. The molecule has 3 heterocycles. The van der Waals surface area contributed by atoms with Gasteiger partial charge in [0, 0.05) is 31.6 Å². The van der Waals surface area contributed by atoms with Crippen LogP contribution in [0.15, 0.2) is 57.7 Å². The topological polar surface area (TPSA) is 149 Å². The van der Waals surface area contributed by atoms with E-state index in [0.29, 0.717) is 40.1 Å². The first-order valence-electron chi connectivity index (χ1n) is 16.7. The number of rotatable bonds is 12. The first-order chi connectivity index (χ1) is 23.1. The Morgan fingerprint density at radius 1 is 0.918 bits per heavy atom. The molecular weight excluding hydrogens is 630 g/mol. The second-order valence-corrected chi connectivity index (χ2v) is 14.6. The second-order valence-electron chi connectivity index (χ2n) is 14.6. The van der Waals surface area contributed by atoms with Gasteiger partial charge in [-0.3, -0.25) is 19.2 Å². The maximum Gasteiger partial charge on any atom is 0.324 e. The van der Waals surface area contributed by atoms with Gasteiger partial charge in [0.25, 0.3) is 5.56 Å². The van der Waals surface area contributed by atoms with E-state index in [-0.39, 0.29) is 18.7 Å². The number of carbonyl (C=O) groups is 3. The summed E-state index contributed by atoms with van der Waals surface area (Å²) in [7, 11) is 0. The van der Waals surface area contributed by atoms with Gasteiger partial charge in [0.2, 0.25) is 0 Å². The molecule has 0 N–H and O–H groups in total. The van der Waals surface area contributed by atoms with Crippen LogP contribution in [0.2, 0.25) is 0 Å². The van der Waals surface area contributed by atoms with Crippen molar-refractivity contribution < 1.29 is 37.7 Å². The minimum atomic E-state index is -2.15. The quantitative estimate of drug-likeness (QED) is 0.0979. The lowest BCUT2D eigenvalue weighted by atomic mass is 9.78. The van der Waals surface area contributed by atoms with Crippen molar-refractivity contribution in [3.05, 3.63) is 64.6 Å². The zero-order valence-electron chi connectivity index (χ0n) is 29.1. The molecule has 2 aromatic carbocycles. The molecule has 0 amide bonds. The number of esters is 2. The zero-order chi connectivity index (χ0) is 35.4. The van der Waals surface area contributed by atoms with Crippen molar-refractivity contribution >= 4 is 39.6 Å². The Balaban J connectivity index is 1.44. The van der Waals surface area contributed by atoms with Gasteiger partial charge in [-0.15, -0.1) is 5.10 Å². The molecule has 1 aliphatic heterocycles. The molecule has 1 fully saturated rings. The number of ether oxygens (including phenoxy) is 4. The minimum Gasteiger partial charge on any atom is -0.494 e. The van der Waals surface area contributed by atoms with Crippen LogP contribution in [0.4, 0.5) is 0 Å². The summed E-state index contributed by atoms with van der Waals surface area (Å²) in [5, 5.41) is 9.10. The molecule has 0 unspecified atom stereocenters. The summed E-state index contributed by atoms with van der Waals surface area (Å²) in [5.41, 5.74) is -3.77. The van der Waals surface area contributed by atoms with E-state index in [1.165, 1.54) is 0 Å². The van der Waals surface area contributed by atoms with Crippen molar-refractivity contribution in [1.29, 1.82) is 0 Å². The average Bonchev–Trinajstić information content (AvgIpc) is 3.47. The molecule has 0 atom stereocenters. The van der Waals surface area contributed by atoms with Gasteiger partial charge in [0.05, 0.1) is 12.0 Å². The summed E-state index contributed by atoms with van der Waals surface area (Å²) in [4.78, 5) is 55.4. The summed E-state index contributed by atoms with van der Waals surface area (Å²) < 4.78 is 29.9. The third-order valence-electron chi connectivity index (χ3n) is 8.32. The lowest BCUT2D eigenvalue weighted by Crippen LogP contribution is -2.49. The number of aryl methyl sites for hydroxylation is 1. The number of nitrogens with zero attached hydrogens (tertiary/aromatic N) is 3. The lowest BCUT2D eigenvalue weighted by molar-refractivity contribution is -0.186. The molecule has 0 saturated carbocycles. The Morgan fingerprint density at radius 2 is 1.59 bits per heavy atom. The Morgan fingerprint density at radius 3 is 2.27 bits per heavy atom. The van der Waals surface area contributed by atoms with Gasteiger partial charge in [0.1, 0.15) is 28.1 Å². The predicted molar refractivity (Wildman–Crippen MR) is 181 cm³/mol. The van der Waals surface area contributed by atoms with Crippen LogP contribution in [0.1, 0.15) is 84.2 Å². The van der Waals surface area contributed by atoms with Crippen molar-refractivity contribution in [2.75, 3.05) is 19.8 Å². The summed E-state index contributed by atoms with van der Waals surface area (Å²) in [6.07, 6.45) is 2.00. The van der Waals surface area contributed by atoms with Gasteiger partial charge in [-0.25, -0.2) is 4.68 Å². The molecule has 0 radical (unpaired) electrons. The van der Waals surface area contributed by atoms with E-state index in [1.54, 1.807) is 90.1 Å². The number of fused-ring (bicyclic) bond motifs is 2. The maximum absolute atomic E-state index is 14.1. The standard InChI is InChI=1S/C37H45N3O9/c1-35(2,3)48-33(43)37(34(44)49-36(4,5)6,16-17-40-32(42)27-9-7-8-10-28(27)38-39-40)23-29(41)31-22-25-21-26(11-12-30(25)47-31)46-20-15-24-13-18-45-19-14-24/h7-12,21-22,24H,13-20,23H2,1-6H3. The van der Waals surface area contributed by atoms with Gasteiger partial charge in [-0.05, 0) is 110 Å². The average molecular weight is 676 g/mol. The van der Waals surface area contributed by atoms with Crippen molar-refractivity contribution in [2.24, 2.45) is 11.3 Å². The van der Waals surface area contributed by atoms with Gasteiger partial charge in [-0.1, -0.05) is 17.3 Å². The highest BCUT2D eigenvalue weighted by atomic mass is 16.6. The fourth-order valence-electron chi connectivity index (χ4n) is 5.73. The molecule has 4 aromatic rings. The van der Waals surface area contributed by atoms with Crippen LogP contribution in [0.3, 0.4) is 0 Å². The minimum absolute atomic E-state index is 0.0477. The number of hydrogen-bond acceptors (Lipinski definition) is 11. The van der Waals surface area contributed by atoms with Crippen LogP contribution < -0.4 is 10.3 Å². The number of ketones is 1. The molecule has 1 saturated heterocycles. The predicted octanol–water partition coefficient (Wildman–Crippen LogP) is 6.07. The van der Waals surface area contributed by atoms with Crippen molar-refractivity contribution in [2.45, 2.75) is 91.4 Å². The smallest absolute Gasteiger partial charge is 0.324 e. The Kier molecular flexibility index (Phi) is 10.6. The molecular formula is C37H45N3O9. The van der Waals surface area contributed by atoms with Gasteiger partial charge < -0.3 is 23.4 Å². The van der Waals surface area contributed by atoms with E-state index in [2.05, 4.69) is 10.3 Å². The third kappa shape index (κ3) is 8.91. The normalized spacial score (nSPS) is 14.6. The molecule has 0 bridgehead atoms. The Hall–Kier alpha value is -4.58. The van der Waals surface area contributed by atoms with Crippen LogP contribution in [0.5, 0.6) is 5.75 Å². The lowest BCUT2D eigenvalue weighted by Gasteiger charge is -2.34. The van der Waals surface area contributed by atoms with E-state index < -0.39 is 46.3 Å². The van der Waals surface area contributed by atoms with Gasteiger partial charge in [-0.2, -0.15) is 0 Å². The largest absolute Gasteiger partial charge is 0.494 e. The molecule has 0 aliphatic carbocycles. The van der Waals surface area contributed by atoms with Crippen molar-refractivity contribution in [3.63, 3.8) is 0 Å². The summed E-state index contributed by atoms with van der Waals surface area (Å²) in [6.45, 7) is 11.9. The number of furan rings is 1. The molecule has 2 aromatic heterocycles. The van der Waals surface area contributed by atoms with Crippen LogP contribution in [-0.2, 0) is 30.3 Å². The molecule has 12 nitrogen and oxygen atoms in total. The number of Topliss-reactive ketones (excluding diaryl/α,β-unsaturated/α-hetero) is 1. The summed E-state index contributed by atoms with van der Waals surface area (Å²) >= 11 is 0. The van der Waals surface area contributed by atoms with Gasteiger partial charge >= 0.3 is 11.9 Å². The number of carbonyl (C=O) groups excluding carboxylic acids is 3. The summed E-state index contributed by atoms with van der Waals surface area (Å²) in [5.74, 6) is -1.38. The van der Waals surface area contributed by atoms with E-state index in [9.17, 15) is 19.2 Å². The number of benzene rings is 2. The second kappa shape index (κ2) is 14.5. The van der Waals surface area contributed by atoms with Crippen LogP contribution in [0.25, 0.3) is 21.9 Å². The fraction of sp³-hybridized carbons (Fsp3) is 0.514. The number of aromatic nitrogens is 3. The SMILES string of the molecule is CC(C)(C)OC(=O)C(CCn1nnc2ccccc2c1=O)(CC(=O)c1cc2cc(OCCC3CCOCC3)ccc2o1)C(=O)OC(C)(C)C. The van der Waals surface area contributed by atoms with Gasteiger partial charge in [0.15, 0.2) is 17.0 Å². The van der Waals surface area contributed by atoms with Crippen molar-refractivity contribution in [1.82, 2.24) is 15.0 Å². The van der Waals surface area contributed by atoms with Crippen LogP contribution in [0, 0.1) is 11.3 Å². The highest BCUT2D eigenvalue weighted by Crippen LogP contribution is 2.37. The van der Waals surface area contributed by atoms with E-state index in [4.69, 9.17) is 23.4 Å². The zero-order valence-corrected chi connectivity index (χ0v) is 29.1. The highest BCUT2D eigenvalue weighted by Gasteiger charge is 2.53. The number of hydrogen-bond donors (Lipinski definition) is 0. The molecule has 12 heteroatoms. The highest BCUT2D eigenvalue weighted by molar-refractivity contribution is 6.08. The van der Waals surface area contributed by atoms with E-state index >= 15 is 0 Å². The molecule has 0 spiro atoms. The van der Waals surface area contributed by atoms with Crippen LogP contribution in [-0.4, -0.2) is 63.7 Å². The molecule has 262 valence electrons. The fourth-order valence-corrected chi connectivity index (χ4v) is 5.73. The van der Waals surface area contributed by atoms with E-state index in [1.807, 2.05) is 0 Å². The monoisotopic (exact) mass is 675 g/mol. The molecule has 1 aliphatic rings. The summed E-state index contributed by atoms with van der Waals surface area (Å²) in [6, 6.07) is 13.6. The first-order valence-corrected chi connectivity index (χ1v) is 16.7. The third-order valence-corrected chi connectivity index (χ3v) is 8.32. The first kappa shape index (κ1) is 35.7. The molecule has 5 rings (SSSR count).